The average Bonchev–Trinajstić information content (AvgIpc) is 3.43. The van der Waals surface area contributed by atoms with Gasteiger partial charge in [-0.3, -0.25) is 9.59 Å². The van der Waals surface area contributed by atoms with E-state index in [4.69, 9.17) is 11.6 Å². The van der Waals surface area contributed by atoms with Gasteiger partial charge in [-0.2, -0.15) is 4.73 Å². The van der Waals surface area contributed by atoms with Gasteiger partial charge in [0.05, 0.1) is 10.6 Å². The first-order valence-corrected chi connectivity index (χ1v) is 14.5. The van der Waals surface area contributed by atoms with Gasteiger partial charge in [0.15, 0.2) is 11.9 Å². The SMILES string of the molecule is Cc1c(-c2ccc(NC(=O)[C@@H](NC(=O)c3ccc4n3CCNC4)[C@H]3CCCc4ccccc43)cc2F)c(Cl)cc[n+]1[O-]. The van der Waals surface area contributed by atoms with Crippen LogP contribution in [0.2, 0.25) is 5.02 Å². The van der Waals surface area contributed by atoms with E-state index in [2.05, 4.69) is 22.0 Å². The molecule has 2 atom stereocenters. The number of carbonyl (C=O) groups is 2. The van der Waals surface area contributed by atoms with Crippen LogP contribution in [0, 0.1) is 17.9 Å². The third kappa shape index (κ3) is 5.26. The average molecular weight is 588 g/mol. The van der Waals surface area contributed by atoms with Crippen molar-refractivity contribution in [3.8, 4) is 11.1 Å². The molecule has 3 N–H and O–H groups in total. The lowest BCUT2D eigenvalue weighted by Gasteiger charge is -2.32. The van der Waals surface area contributed by atoms with Crippen LogP contribution >= 0.6 is 11.6 Å². The minimum atomic E-state index is -0.889. The minimum Gasteiger partial charge on any atom is -0.618 e. The van der Waals surface area contributed by atoms with Gasteiger partial charge in [-0.15, -0.1) is 0 Å². The van der Waals surface area contributed by atoms with Crippen LogP contribution in [0.15, 0.2) is 66.9 Å². The van der Waals surface area contributed by atoms with Crippen LogP contribution in [0.25, 0.3) is 11.1 Å². The second kappa shape index (κ2) is 11.6. The summed E-state index contributed by atoms with van der Waals surface area (Å²) in [6.45, 7) is 3.66. The van der Waals surface area contributed by atoms with Gasteiger partial charge in [0.2, 0.25) is 5.91 Å². The number of rotatable bonds is 6. The molecule has 0 saturated heterocycles. The first-order valence-electron chi connectivity index (χ1n) is 14.1. The number of nitrogens with zero attached hydrogens (tertiary/aromatic N) is 2. The molecule has 2 amide bonds. The maximum atomic E-state index is 15.4. The number of fused-ring (bicyclic) bond motifs is 2. The third-order valence-electron chi connectivity index (χ3n) is 8.30. The van der Waals surface area contributed by atoms with E-state index in [-0.39, 0.29) is 33.8 Å². The molecule has 6 rings (SSSR count). The highest BCUT2D eigenvalue weighted by Crippen LogP contribution is 2.36. The van der Waals surface area contributed by atoms with Crippen molar-refractivity contribution < 1.29 is 18.7 Å². The number of pyridine rings is 1. The molecule has 216 valence electrons. The summed E-state index contributed by atoms with van der Waals surface area (Å²) in [5.74, 6) is -1.65. The van der Waals surface area contributed by atoms with E-state index in [0.29, 0.717) is 29.1 Å². The van der Waals surface area contributed by atoms with Crippen LogP contribution in [-0.4, -0.2) is 29.0 Å². The molecule has 1 aliphatic carbocycles. The zero-order valence-corrected chi connectivity index (χ0v) is 23.9. The standard InChI is InChI=1S/C32H31ClFN5O3/c1-19-29(26(33)13-15-39(19)42)25-11-9-21(17-27(25)34)36-32(41)30(24-8-4-6-20-5-2-3-7-23(20)24)37-31(40)28-12-10-22-18-35-14-16-38(22)28/h2-3,5,7,9-13,15,17,24,30,35H,4,6,8,14,16,18H2,1H3,(H,36,41)(H,37,40)/t24-,30-/m0/s1. The normalized spacial score (nSPS) is 16.7. The van der Waals surface area contributed by atoms with Crippen molar-refractivity contribution in [2.75, 3.05) is 11.9 Å². The molecule has 4 aromatic rings. The number of carbonyl (C=O) groups excluding carboxylic acids is 2. The summed E-state index contributed by atoms with van der Waals surface area (Å²) in [5.41, 5.74) is 4.66. The Bertz CT molecular complexity index is 1690. The first-order chi connectivity index (χ1) is 20.3. The van der Waals surface area contributed by atoms with Crippen LogP contribution in [0.3, 0.4) is 0 Å². The summed E-state index contributed by atoms with van der Waals surface area (Å²) in [6, 6.07) is 16.5. The van der Waals surface area contributed by atoms with Crippen molar-refractivity contribution in [3.63, 3.8) is 0 Å². The van der Waals surface area contributed by atoms with E-state index in [1.54, 1.807) is 19.1 Å². The Kier molecular flexibility index (Phi) is 7.70. The summed E-state index contributed by atoms with van der Waals surface area (Å²) in [4.78, 5) is 27.5. The van der Waals surface area contributed by atoms with Gasteiger partial charge in [0, 0.05) is 55.5 Å². The van der Waals surface area contributed by atoms with Crippen molar-refractivity contribution in [3.05, 3.63) is 111 Å². The highest BCUT2D eigenvalue weighted by atomic mass is 35.5. The van der Waals surface area contributed by atoms with E-state index < -0.39 is 17.8 Å². The van der Waals surface area contributed by atoms with Crippen molar-refractivity contribution >= 4 is 29.1 Å². The zero-order valence-electron chi connectivity index (χ0n) is 23.1. The maximum absolute atomic E-state index is 15.4. The number of halogens is 2. The van der Waals surface area contributed by atoms with Gasteiger partial charge >= 0.3 is 0 Å². The molecule has 0 saturated carbocycles. The second-order valence-electron chi connectivity index (χ2n) is 10.8. The first kappa shape index (κ1) is 27.9. The van der Waals surface area contributed by atoms with Gasteiger partial charge in [0.1, 0.15) is 17.6 Å². The Morgan fingerprint density at radius 2 is 2.00 bits per heavy atom. The molecule has 2 aliphatic rings. The van der Waals surface area contributed by atoms with E-state index in [1.807, 2.05) is 28.8 Å². The van der Waals surface area contributed by atoms with Crippen molar-refractivity contribution in [1.82, 2.24) is 15.2 Å². The maximum Gasteiger partial charge on any atom is 0.268 e. The number of hydrogen-bond donors (Lipinski definition) is 3. The lowest BCUT2D eigenvalue weighted by molar-refractivity contribution is -0.611. The number of benzene rings is 2. The topological polar surface area (TPSA) is 102 Å². The van der Waals surface area contributed by atoms with Gasteiger partial charge in [-0.1, -0.05) is 35.9 Å². The van der Waals surface area contributed by atoms with Crippen LogP contribution in [0.4, 0.5) is 10.1 Å². The lowest BCUT2D eigenvalue weighted by Crippen LogP contribution is -2.49. The minimum absolute atomic E-state index is 0.152. The van der Waals surface area contributed by atoms with Gasteiger partial charge in [0.25, 0.3) is 5.91 Å². The Hall–Kier alpha value is -4.21. The molecule has 0 bridgehead atoms. The third-order valence-corrected chi connectivity index (χ3v) is 8.62. The number of aromatic nitrogens is 2. The van der Waals surface area contributed by atoms with Gasteiger partial charge < -0.3 is 25.7 Å². The van der Waals surface area contributed by atoms with E-state index in [0.717, 1.165) is 42.6 Å². The van der Waals surface area contributed by atoms with E-state index in [1.165, 1.54) is 24.4 Å². The number of nitrogens with one attached hydrogen (secondary N) is 3. The van der Waals surface area contributed by atoms with Crippen LogP contribution in [-0.2, 0) is 24.3 Å². The smallest absolute Gasteiger partial charge is 0.268 e. The van der Waals surface area contributed by atoms with Crippen molar-refractivity contribution in [1.29, 1.82) is 0 Å². The van der Waals surface area contributed by atoms with Gasteiger partial charge in [-0.05, 0) is 60.7 Å². The molecule has 2 aromatic heterocycles. The van der Waals surface area contributed by atoms with E-state index in [9.17, 15) is 14.8 Å². The second-order valence-corrected chi connectivity index (χ2v) is 11.2. The number of hydrogen-bond acceptors (Lipinski definition) is 4. The molecule has 3 heterocycles. The molecular formula is C32H31ClFN5O3. The summed E-state index contributed by atoms with van der Waals surface area (Å²) in [7, 11) is 0. The van der Waals surface area contributed by atoms with Gasteiger partial charge in [-0.25, -0.2) is 4.39 Å². The fourth-order valence-corrected chi connectivity index (χ4v) is 6.48. The molecule has 1 aliphatic heterocycles. The largest absolute Gasteiger partial charge is 0.618 e. The van der Waals surface area contributed by atoms with Crippen LogP contribution < -0.4 is 20.7 Å². The fourth-order valence-electron chi connectivity index (χ4n) is 6.19. The lowest BCUT2D eigenvalue weighted by atomic mass is 9.78. The highest BCUT2D eigenvalue weighted by molar-refractivity contribution is 6.33. The number of amides is 2. The van der Waals surface area contributed by atoms with Crippen molar-refractivity contribution in [2.45, 2.75) is 51.2 Å². The molecule has 42 heavy (non-hydrogen) atoms. The van der Waals surface area contributed by atoms with Crippen molar-refractivity contribution in [2.24, 2.45) is 0 Å². The molecule has 0 radical (unpaired) electrons. The Balaban J connectivity index is 1.30. The Morgan fingerprint density at radius 3 is 2.83 bits per heavy atom. The van der Waals surface area contributed by atoms with E-state index >= 15 is 4.39 Å². The Morgan fingerprint density at radius 1 is 1.17 bits per heavy atom. The predicted molar refractivity (Wildman–Crippen MR) is 159 cm³/mol. The molecule has 0 fully saturated rings. The Labute approximate surface area is 248 Å². The number of aryl methyl sites for hydroxylation is 1. The summed E-state index contributed by atoms with van der Waals surface area (Å²) >= 11 is 6.30. The quantitative estimate of drug-likeness (QED) is 0.222. The molecule has 0 unspecified atom stereocenters. The monoisotopic (exact) mass is 587 g/mol. The summed E-state index contributed by atoms with van der Waals surface area (Å²) in [6.07, 6.45) is 3.78. The molecule has 10 heteroatoms. The molecular weight excluding hydrogens is 557 g/mol. The van der Waals surface area contributed by atoms with Crippen LogP contribution in [0.1, 0.15) is 51.8 Å². The molecule has 2 aromatic carbocycles. The predicted octanol–water partition coefficient (Wildman–Crippen LogP) is 4.85. The van der Waals surface area contributed by atoms with Crippen LogP contribution in [0.5, 0.6) is 0 Å². The zero-order chi connectivity index (χ0) is 29.4. The highest BCUT2D eigenvalue weighted by Gasteiger charge is 2.35. The molecule has 8 nitrogen and oxygen atoms in total. The molecule has 0 spiro atoms. The number of anilines is 1. The summed E-state index contributed by atoms with van der Waals surface area (Å²) in [5, 5.41) is 21.5. The fraction of sp³-hybridized carbons (Fsp3) is 0.281. The summed E-state index contributed by atoms with van der Waals surface area (Å²) < 4.78 is 18.0.